The number of para-hydroxylation sites is 1. The molecule has 160 valence electrons. The van der Waals surface area contributed by atoms with E-state index >= 15 is 0 Å². The van der Waals surface area contributed by atoms with Gasteiger partial charge in [-0.3, -0.25) is 0 Å². The molecular formula is C20H20F4N4O2. The van der Waals surface area contributed by atoms with Gasteiger partial charge in [-0.1, -0.05) is 36.4 Å². The number of aryl methyl sites for hydroxylation is 1. The number of nitrogens with zero attached hydrogens (tertiary/aromatic N) is 2. The molecule has 10 heteroatoms. The third kappa shape index (κ3) is 4.38. The number of anilines is 1. The molecule has 30 heavy (non-hydrogen) atoms. The van der Waals surface area contributed by atoms with Gasteiger partial charge in [0.15, 0.2) is 5.82 Å². The fourth-order valence-electron chi connectivity index (χ4n) is 3.42. The Morgan fingerprint density at radius 2 is 1.80 bits per heavy atom. The summed E-state index contributed by atoms with van der Waals surface area (Å²) >= 11 is 0. The lowest BCUT2D eigenvalue weighted by atomic mass is 9.69. The third-order valence-corrected chi connectivity index (χ3v) is 5.01. The molecule has 0 saturated heterocycles. The van der Waals surface area contributed by atoms with Crippen LogP contribution in [0.25, 0.3) is 11.0 Å². The Hall–Kier alpha value is -3.14. The summed E-state index contributed by atoms with van der Waals surface area (Å²) in [5.41, 5.74) is 8.54. The van der Waals surface area contributed by atoms with E-state index in [-0.39, 0.29) is 17.4 Å². The topological polar surface area (TPSA) is 93.2 Å². The molecule has 1 aliphatic carbocycles. The van der Waals surface area contributed by atoms with Gasteiger partial charge in [-0.25, -0.2) is 14.2 Å². The molecule has 0 atom stereocenters. The minimum Gasteiger partial charge on any atom is -0.475 e. The minimum absolute atomic E-state index is 0.249. The third-order valence-electron chi connectivity index (χ3n) is 5.01. The largest absolute Gasteiger partial charge is 0.490 e. The number of carboxylic acid groups (broad SMARTS) is 1. The zero-order chi connectivity index (χ0) is 22.1. The normalized spacial score (nSPS) is 20.8. The van der Waals surface area contributed by atoms with Gasteiger partial charge in [0.1, 0.15) is 5.52 Å². The summed E-state index contributed by atoms with van der Waals surface area (Å²) in [5, 5.41) is 10.5. The summed E-state index contributed by atoms with van der Waals surface area (Å²) in [7, 11) is 1.89. The molecule has 4 N–H and O–H groups in total. The van der Waals surface area contributed by atoms with Crippen LogP contribution in [0.5, 0.6) is 0 Å². The van der Waals surface area contributed by atoms with Crippen molar-refractivity contribution in [2.45, 2.75) is 30.6 Å². The van der Waals surface area contributed by atoms with E-state index in [0.717, 1.165) is 23.9 Å². The van der Waals surface area contributed by atoms with Crippen LogP contribution < -0.4 is 11.1 Å². The molecule has 3 aromatic rings. The molecular weight excluding hydrogens is 404 g/mol. The number of carboxylic acids is 1. The highest BCUT2D eigenvalue weighted by Crippen LogP contribution is 2.40. The first kappa shape index (κ1) is 21.6. The molecule has 0 spiro atoms. The van der Waals surface area contributed by atoms with Gasteiger partial charge < -0.3 is 20.7 Å². The van der Waals surface area contributed by atoms with E-state index in [9.17, 15) is 17.6 Å². The van der Waals surface area contributed by atoms with Gasteiger partial charge in [0, 0.05) is 18.6 Å². The molecule has 1 aromatic heterocycles. The van der Waals surface area contributed by atoms with Gasteiger partial charge in [0.2, 0.25) is 5.95 Å². The van der Waals surface area contributed by atoms with Crippen LogP contribution in [-0.2, 0) is 17.4 Å². The lowest BCUT2D eigenvalue weighted by molar-refractivity contribution is -0.192. The van der Waals surface area contributed by atoms with E-state index < -0.39 is 12.1 Å². The van der Waals surface area contributed by atoms with Crippen molar-refractivity contribution in [1.29, 1.82) is 0 Å². The average Bonchev–Trinajstić information content (AvgIpc) is 2.98. The van der Waals surface area contributed by atoms with Gasteiger partial charge in [-0.05, 0) is 30.5 Å². The van der Waals surface area contributed by atoms with E-state index in [1.54, 1.807) is 6.07 Å². The second kappa shape index (κ2) is 7.94. The fourth-order valence-corrected chi connectivity index (χ4v) is 3.42. The Morgan fingerprint density at radius 1 is 1.20 bits per heavy atom. The number of alkyl halides is 3. The lowest BCUT2D eigenvalue weighted by Crippen LogP contribution is -2.54. The minimum atomic E-state index is -5.08. The van der Waals surface area contributed by atoms with Crippen molar-refractivity contribution in [1.82, 2.24) is 9.55 Å². The number of nitrogens with two attached hydrogens (primary N) is 1. The van der Waals surface area contributed by atoms with Gasteiger partial charge in [0.25, 0.3) is 0 Å². The molecule has 0 unspecified atom stereocenters. The molecule has 4 rings (SSSR count). The maximum atomic E-state index is 13.8. The van der Waals surface area contributed by atoms with E-state index in [0.29, 0.717) is 11.5 Å². The highest BCUT2D eigenvalue weighted by atomic mass is 19.4. The van der Waals surface area contributed by atoms with Crippen LogP contribution in [0.4, 0.5) is 23.5 Å². The predicted molar refractivity (Wildman–Crippen MR) is 103 cm³/mol. The van der Waals surface area contributed by atoms with Crippen molar-refractivity contribution in [3.63, 3.8) is 0 Å². The number of nitrogens with one attached hydrogen (secondary N) is 1. The summed E-state index contributed by atoms with van der Waals surface area (Å²) in [6.07, 6.45) is -3.41. The molecule has 1 aliphatic rings. The van der Waals surface area contributed by atoms with Crippen LogP contribution in [0.1, 0.15) is 18.4 Å². The number of carbonyl (C=O) groups is 1. The van der Waals surface area contributed by atoms with Crippen molar-refractivity contribution in [3.05, 3.63) is 59.9 Å². The number of hydrogen-bond acceptors (Lipinski definition) is 4. The number of aliphatic carboxylic acids is 1. The Balaban J connectivity index is 0.000000318. The molecule has 1 fully saturated rings. The molecule has 0 radical (unpaired) electrons. The SMILES string of the molecule is Cn1c(NC2CC(N)(c3ccccc3)C2)nc2c(F)cccc21.O=C(O)C(F)(F)F. The van der Waals surface area contributed by atoms with Gasteiger partial charge in [-0.2, -0.15) is 13.2 Å². The number of benzene rings is 2. The van der Waals surface area contributed by atoms with Crippen molar-refractivity contribution < 1.29 is 27.5 Å². The van der Waals surface area contributed by atoms with E-state index in [2.05, 4.69) is 22.4 Å². The molecule has 0 aliphatic heterocycles. The highest BCUT2D eigenvalue weighted by molar-refractivity contribution is 5.79. The first-order valence-electron chi connectivity index (χ1n) is 9.03. The molecule has 0 amide bonds. The summed E-state index contributed by atoms with van der Waals surface area (Å²) < 4.78 is 47.5. The van der Waals surface area contributed by atoms with Gasteiger partial charge >= 0.3 is 12.1 Å². The van der Waals surface area contributed by atoms with E-state index in [4.69, 9.17) is 15.6 Å². The van der Waals surface area contributed by atoms with Gasteiger partial charge in [0.05, 0.1) is 5.52 Å². The Bertz CT molecular complexity index is 1040. The molecule has 6 nitrogen and oxygen atoms in total. The fraction of sp³-hybridized carbons (Fsp3) is 0.300. The van der Waals surface area contributed by atoms with Gasteiger partial charge in [-0.15, -0.1) is 0 Å². The molecule has 2 aromatic carbocycles. The smallest absolute Gasteiger partial charge is 0.475 e. The summed E-state index contributed by atoms with van der Waals surface area (Å²) in [5.74, 6) is -2.37. The van der Waals surface area contributed by atoms with Crippen molar-refractivity contribution >= 4 is 23.0 Å². The summed E-state index contributed by atoms with van der Waals surface area (Å²) in [4.78, 5) is 13.3. The molecule has 0 bridgehead atoms. The predicted octanol–water partition coefficient (Wildman–Crippen LogP) is 3.77. The van der Waals surface area contributed by atoms with Crippen LogP contribution in [0.15, 0.2) is 48.5 Å². The lowest BCUT2D eigenvalue weighted by Gasteiger charge is -2.45. The maximum Gasteiger partial charge on any atom is 0.490 e. The van der Waals surface area contributed by atoms with Crippen LogP contribution in [0.3, 0.4) is 0 Å². The van der Waals surface area contributed by atoms with Crippen molar-refractivity contribution in [2.24, 2.45) is 12.8 Å². The zero-order valence-corrected chi connectivity index (χ0v) is 15.9. The van der Waals surface area contributed by atoms with Crippen LogP contribution in [0, 0.1) is 5.82 Å². The Morgan fingerprint density at radius 3 is 2.33 bits per heavy atom. The first-order valence-corrected chi connectivity index (χ1v) is 9.03. The number of halogens is 4. The standard InChI is InChI=1S/C18H19FN4.C2HF3O2/c1-23-15-9-5-8-14(19)16(15)22-17(23)21-13-10-18(20,11-13)12-6-3-2-4-7-12;3-2(4,5)1(6)7/h2-9,13H,10-11,20H2,1H3,(H,21,22);(H,6,7). The average molecular weight is 424 g/mol. The molecule has 1 heterocycles. The number of rotatable bonds is 3. The zero-order valence-electron chi connectivity index (χ0n) is 15.9. The Labute approximate surface area is 169 Å². The van der Waals surface area contributed by atoms with Crippen LogP contribution >= 0.6 is 0 Å². The summed E-state index contributed by atoms with van der Waals surface area (Å²) in [6, 6.07) is 15.4. The monoisotopic (exact) mass is 424 g/mol. The number of fused-ring (bicyclic) bond motifs is 1. The number of imidazole rings is 1. The number of aromatic nitrogens is 2. The van der Waals surface area contributed by atoms with Crippen molar-refractivity contribution in [3.8, 4) is 0 Å². The highest BCUT2D eigenvalue weighted by Gasteiger charge is 2.42. The maximum absolute atomic E-state index is 13.8. The second-order valence-corrected chi connectivity index (χ2v) is 7.18. The quantitative estimate of drug-likeness (QED) is 0.557. The van der Waals surface area contributed by atoms with Crippen molar-refractivity contribution in [2.75, 3.05) is 5.32 Å². The summed E-state index contributed by atoms with van der Waals surface area (Å²) in [6.45, 7) is 0. The second-order valence-electron chi connectivity index (χ2n) is 7.18. The van der Waals surface area contributed by atoms with Crippen LogP contribution in [-0.4, -0.2) is 32.8 Å². The number of hydrogen-bond donors (Lipinski definition) is 3. The van der Waals surface area contributed by atoms with E-state index in [1.807, 2.05) is 35.9 Å². The Kier molecular flexibility index (Phi) is 5.71. The van der Waals surface area contributed by atoms with Crippen LogP contribution in [0.2, 0.25) is 0 Å². The first-order chi connectivity index (χ1) is 14.0. The van der Waals surface area contributed by atoms with E-state index in [1.165, 1.54) is 6.07 Å². The molecule has 1 saturated carbocycles.